The van der Waals surface area contributed by atoms with Crippen molar-refractivity contribution in [3.8, 4) is 0 Å². The molecule has 1 aromatic heterocycles. The topological polar surface area (TPSA) is 68.3 Å². The Morgan fingerprint density at radius 3 is 2.74 bits per heavy atom. The maximum absolute atomic E-state index is 13.2. The largest absolute Gasteiger partial charge is 0.449 e. The molecule has 5 nitrogen and oxygen atoms in total. The number of carbonyl (C=O) groups is 2. The first-order valence-corrected chi connectivity index (χ1v) is 7.62. The predicted octanol–water partition coefficient (Wildman–Crippen LogP) is 3.82. The average molecular weight is 402 g/mol. The molecule has 1 atom stereocenters. The Balaban J connectivity index is 2.01. The van der Waals surface area contributed by atoms with Crippen LogP contribution in [0.4, 0.5) is 10.2 Å². The van der Waals surface area contributed by atoms with Gasteiger partial charge in [0.15, 0.2) is 6.10 Å². The van der Waals surface area contributed by atoms with E-state index in [0.29, 0.717) is 9.50 Å². The molecule has 2 aromatic rings. The highest BCUT2D eigenvalue weighted by Gasteiger charge is 2.21. The molecule has 0 aliphatic rings. The van der Waals surface area contributed by atoms with Crippen LogP contribution in [-0.2, 0) is 9.53 Å². The molecule has 0 aliphatic carbocycles. The van der Waals surface area contributed by atoms with Crippen molar-refractivity contribution >= 4 is 45.2 Å². The molecule has 1 amide bonds. The number of hydrogen-bond acceptors (Lipinski definition) is 4. The SMILES string of the molecule is C[C@@H](OC(=O)c1cc(F)ccc1Br)C(=O)Nc1ccc(Cl)cn1. The van der Waals surface area contributed by atoms with E-state index in [1.54, 1.807) is 6.07 Å². The van der Waals surface area contributed by atoms with Crippen molar-refractivity contribution in [1.82, 2.24) is 4.98 Å². The second-order valence-corrected chi connectivity index (χ2v) is 5.81. The summed E-state index contributed by atoms with van der Waals surface area (Å²) < 4.78 is 18.6. The van der Waals surface area contributed by atoms with Crippen LogP contribution in [0.3, 0.4) is 0 Å². The van der Waals surface area contributed by atoms with Crippen molar-refractivity contribution in [2.75, 3.05) is 5.32 Å². The lowest BCUT2D eigenvalue weighted by atomic mass is 10.2. The highest BCUT2D eigenvalue weighted by Crippen LogP contribution is 2.19. The Hall–Kier alpha value is -1.99. The Morgan fingerprint density at radius 2 is 2.09 bits per heavy atom. The maximum atomic E-state index is 13.2. The third kappa shape index (κ3) is 4.74. The number of nitrogens with one attached hydrogen (secondary N) is 1. The van der Waals surface area contributed by atoms with Crippen LogP contribution in [0.15, 0.2) is 41.0 Å². The van der Waals surface area contributed by atoms with Gasteiger partial charge in [-0.1, -0.05) is 11.6 Å². The molecule has 1 aromatic carbocycles. The van der Waals surface area contributed by atoms with Gasteiger partial charge in [-0.15, -0.1) is 0 Å². The highest BCUT2D eigenvalue weighted by atomic mass is 79.9. The highest BCUT2D eigenvalue weighted by molar-refractivity contribution is 9.10. The Kier molecular flexibility index (Phi) is 5.68. The number of esters is 1. The first-order valence-electron chi connectivity index (χ1n) is 6.45. The second-order valence-electron chi connectivity index (χ2n) is 4.52. The van der Waals surface area contributed by atoms with Gasteiger partial charge in [-0.25, -0.2) is 14.2 Å². The van der Waals surface area contributed by atoms with Gasteiger partial charge < -0.3 is 10.1 Å². The van der Waals surface area contributed by atoms with E-state index in [2.05, 4.69) is 26.2 Å². The van der Waals surface area contributed by atoms with Gasteiger partial charge in [0.2, 0.25) is 0 Å². The van der Waals surface area contributed by atoms with Gasteiger partial charge in [0.05, 0.1) is 10.6 Å². The van der Waals surface area contributed by atoms with Crippen LogP contribution in [0.5, 0.6) is 0 Å². The van der Waals surface area contributed by atoms with Gasteiger partial charge in [0.25, 0.3) is 5.91 Å². The molecular weight excluding hydrogens is 391 g/mol. The average Bonchev–Trinajstić information content (AvgIpc) is 2.51. The normalized spacial score (nSPS) is 11.7. The molecule has 2 rings (SSSR count). The van der Waals surface area contributed by atoms with Gasteiger partial charge in [-0.3, -0.25) is 4.79 Å². The fourth-order valence-electron chi connectivity index (χ4n) is 1.61. The summed E-state index contributed by atoms with van der Waals surface area (Å²) >= 11 is 8.82. The van der Waals surface area contributed by atoms with Crippen molar-refractivity contribution in [2.45, 2.75) is 13.0 Å². The number of carbonyl (C=O) groups excluding carboxylic acids is 2. The molecule has 0 unspecified atom stereocenters. The van der Waals surface area contributed by atoms with Crippen molar-refractivity contribution in [2.24, 2.45) is 0 Å². The maximum Gasteiger partial charge on any atom is 0.340 e. The number of ether oxygens (including phenoxy) is 1. The fourth-order valence-corrected chi connectivity index (χ4v) is 2.13. The summed E-state index contributed by atoms with van der Waals surface area (Å²) in [6.07, 6.45) is 0.285. The van der Waals surface area contributed by atoms with Crippen molar-refractivity contribution < 1.29 is 18.7 Å². The Bertz CT molecular complexity index is 740. The van der Waals surface area contributed by atoms with Crippen LogP contribution in [0.25, 0.3) is 0 Å². The van der Waals surface area contributed by atoms with Crippen molar-refractivity contribution in [3.63, 3.8) is 0 Å². The molecule has 120 valence electrons. The third-order valence-corrected chi connectivity index (χ3v) is 3.70. The lowest BCUT2D eigenvalue weighted by Gasteiger charge is -2.13. The molecule has 0 saturated carbocycles. The summed E-state index contributed by atoms with van der Waals surface area (Å²) in [5.74, 6) is -1.69. The minimum Gasteiger partial charge on any atom is -0.449 e. The minimum atomic E-state index is -1.09. The number of nitrogens with zero attached hydrogens (tertiary/aromatic N) is 1. The smallest absolute Gasteiger partial charge is 0.340 e. The third-order valence-electron chi connectivity index (χ3n) is 2.78. The summed E-state index contributed by atoms with van der Waals surface area (Å²) in [5, 5.41) is 2.91. The molecule has 0 radical (unpaired) electrons. The van der Waals surface area contributed by atoms with Gasteiger partial charge in [-0.2, -0.15) is 0 Å². The zero-order valence-electron chi connectivity index (χ0n) is 11.8. The minimum absolute atomic E-state index is 0.00531. The van der Waals surface area contributed by atoms with Crippen LogP contribution >= 0.6 is 27.5 Å². The first-order chi connectivity index (χ1) is 10.9. The zero-order valence-corrected chi connectivity index (χ0v) is 14.2. The number of amides is 1. The number of pyridine rings is 1. The molecule has 0 aliphatic heterocycles. The molecule has 1 heterocycles. The van der Waals surface area contributed by atoms with Gasteiger partial charge in [0, 0.05) is 10.7 Å². The van der Waals surface area contributed by atoms with E-state index >= 15 is 0 Å². The van der Waals surface area contributed by atoms with Crippen molar-refractivity contribution in [3.05, 3.63) is 57.4 Å². The predicted molar refractivity (Wildman–Crippen MR) is 86.9 cm³/mol. The Labute approximate surface area is 144 Å². The summed E-state index contributed by atoms with van der Waals surface area (Å²) in [6, 6.07) is 6.68. The monoisotopic (exact) mass is 400 g/mol. The van der Waals surface area contributed by atoms with E-state index < -0.39 is 23.8 Å². The number of rotatable bonds is 4. The van der Waals surface area contributed by atoms with Crippen LogP contribution in [0, 0.1) is 5.82 Å². The van der Waals surface area contributed by atoms with Crippen LogP contribution < -0.4 is 5.32 Å². The lowest BCUT2D eigenvalue weighted by Crippen LogP contribution is -2.30. The van der Waals surface area contributed by atoms with Gasteiger partial charge in [0.1, 0.15) is 11.6 Å². The second kappa shape index (κ2) is 7.52. The number of aromatic nitrogens is 1. The molecular formula is C15H11BrClFN2O3. The van der Waals surface area contributed by atoms with E-state index in [-0.39, 0.29) is 11.4 Å². The molecule has 0 bridgehead atoms. The van der Waals surface area contributed by atoms with E-state index in [1.165, 1.54) is 31.3 Å². The van der Waals surface area contributed by atoms with E-state index in [4.69, 9.17) is 16.3 Å². The molecule has 0 spiro atoms. The molecule has 0 saturated heterocycles. The van der Waals surface area contributed by atoms with Crippen LogP contribution in [0.2, 0.25) is 5.02 Å². The lowest BCUT2D eigenvalue weighted by molar-refractivity contribution is -0.123. The molecule has 1 N–H and O–H groups in total. The summed E-state index contributed by atoms with van der Waals surface area (Å²) in [6.45, 7) is 1.40. The number of hydrogen-bond donors (Lipinski definition) is 1. The van der Waals surface area contributed by atoms with Gasteiger partial charge >= 0.3 is 5.97 Å². The van der Waals surface area contributed by atoms with Gasteiger partial charge in [-0.05, 0) is 53.2 Å². The molecule has 8 heteroatoms. The van der Waals surface area contributed by atoms with E-state index in [0.717, 1.165) is 6.07 Å². The first kappa shape index (κ1) is 17.4. The number of halogens is 3. The summed E-state index contributed by atoms with van der Waals surface area (Å²) in [5.41, 5.74) is -0.00531. The van der Waals surface area contributed by atoms with Crippen LogP contribution in [-0.4, -0.2) is 23.0 Å². The van der Waals surface area contributed by atoms with E-state index in [9.17, 15) is 14.0 Å². The zero-order chi connectivity index (χ0) is 17.0. The summed E-state index contributed by atoms with van der Waals surface area (Å²) in [4.78, 5) is 27.9. The van der Waals surface area contributed by atoms with E-state index in [1.807, 2.05) is 0 Å². The molecule has 0 fully saturated rings. The number of benzene rings is 1. The standard InChI is InChI=1S/C15H11BrClFN2O3/c1-8(14(21)20-13-5-2-9(17)7-19-13)23-15(22)11-6-10(18)3-4-12(11)16/h2-8H,1H3,(H,19,20,21)/t8-/m1/s1. The summed E-state index contributed by atoms with van der Waals surface area (Å²) in [7, 11) is 0. The Morgan fingerprint density at radius 1 is 1.35 bits per heavy atom. The fraction of sp³-hybridized carbons (Fsp3) is 0.133. The quantitative estimate of drug-likeness (QED) is 0.791. The molecule has 23 heavy (non-hydrogen) atoms. The number of anilines is 1. The van der Waals surface area contributed by atoms with Crippen molar-refractivity contribution in [1.29, 1.82) is 0 Å². The van der Waals surface area contributed by atoms with Crippen LogP contribution in [0.1, 0.15) is 17.3 Å².